The molecule has 0 radical (unpaired) electrons. The molecule has 0 amide bonds. The Hall–Kier alpha value is 0.127. The van der Waals surface area contributed by atoms with Crippen LogP contribution >= 0.6 is 7.82 Å². The van der Waals surface area contributed by atoms with Crippen LogP contribution in [0.4, 0.5) is 0 Å². The van der Waals surface area contributed by atoms with Crippen LogP contribution in [0.15, 0.2) is 0 Å². The molecule has 0 bridgehead atoms. The molecule has 23 heavy (non-hydrogen) atoms. The summed E-state index contributed by atoms with van der Waals surface area (Å²) in [7, 11) is -8.74. The maximum atomic E-state index is 11.5. The molecule has 0 heterocycles. The van der Waals surface area contributed by atoms with Crippen molar-refractivity contribution in [1.82, 2.24) is 0 Å². The maximum absolute atomic E-state index is 11.5. The SMILES string of the molecule is CCOCC(OCC)(OP(=O)(O)O)[Si](OCC)(OCC)OCC. The molecular weight excluding hydrogens is 347 g/mol. The summed E-state index contributed by atoms with van der Waals surface area (Å²) >= 11 is 0. The summed E-state index contributed by atoms with van der Waals surface area (Å²) in [5, 5.41) is 0. The third-order valence-electron chi connectivity index (χ3n) is 2.61. The molecule has 0 aromatic heterocycles. The Morgan fingerprint density at radius 2 is 1.35 bits per heavy atom. The molecule has 140 valence electrons. The van der Waals surface area contributed by atoms with Crippen LogP contribution in [0.25, 0.3) is 0 Å². The number of phosphoric ester groups is 1. The molecular formula is C12H29O9PSi. The summed E-state index contributed by atoms with van der Waals surface area (Å²) < 4.78 is 44.5. The van der Waals surface area contributed by atoms with Crippen LogP contribution < -0.4 is 0 Å². The molecule has 0 saturated carbocycles. The van der Waals surface area contributed by atoms with E-state index in [9.17, 15) is 14.4 Å². The average Bonchev–Trinajstić information content (AvgIpc) is 2.44. The van der Waals surface area contributed by atoms with E-state index in [0.717, 1.165) is 0 Å². The Labute approximate surface area is 138 Å². The van der Waals surface area contributed by atoms with Crippen LogP contribution in [0, 0.1) is 0 Å². The van der Waals surface area contributed by atoms with Crippen molar-refractivity contribution in [3.05, 3.63) is 0 Å². The molecule has 0 saturated heterocycles. The van der Waals surface area contributed by atoms with Gasteiger partial charge in [-0.2, -0.15) is 0 Å². The Kier molecular flexibility index (Phi) is 10.9. The number of hydrogen-bond acceptors (Lipinski definition) is 7. The van der Waals surface area contributed by atoms with Crippen molar-refractivity contribution in [1.29, 1.82) is 0 Å². The zero-order chi connectivity index (χ0) is 18.0. The van der Waals surface area contributed by atoms with E-state index in [0.29, 0.717) is 0 Å². The zero-order valence-electron chi connectivity index (χ0n) is 14.4. The molecule has 2 N–H and O–H groups in total. The van der Waals surface area contributed by atoms with Gasteiger partial charge in [-0.3, -0.25) is 0 Å². The Morgan fingerprint density at radius 3 is 1.65 bits per heavy atom. The minimum Gasteiger partial charge on any atom is -0.376 e. The molecule has 1 unspecified atom stereocenters. The van der Waals surface area contributed by atoms with Gasteiger partial charge in [0.15, 0.2) is 0 Å². The van der Waals surface area contributed by atoms with E-state index in [-0.39, 0.29) is 39.6 Å². The van der Waals surface area contributed by atoms with Gasteiger partial charge in [0.1, 0.15) is 6.61 Å². The molecule has 0 fully saturated rings. The molecule has 0 rings (SSSR count). The van der Waals surface area contributed by atoms with Crippen molar-refractivity contribution in [3.8, 4) is 0 Å². The fourth-order valence-corrected chi connectivity index (χ4v) is 5.96. The molecule has 11 heteroatoms. The van der Waals surface area contributed by atoms with E-state index < -0.39 is 22.0 Å². The van der Waals surface area contributed by atoms with Gasteiger partial charge in [-0.25, -0.2) is 9.09 Å². The van der Waals surface area contributed by atoms with Crippen LogP contribution in [0.5, 0.6) is 0 Å². The summed E-state index contributed by atoms with van der Waals surface area (Å²) in [4.78, 5) is 18.7. The van der Waals surface area contributed by atoms with Crippen LogP contribution in [-0.2, 0) is 31.8 Å². The van der Waals surface area contributed by atoms with E-state index in [1.807, 2.05) is 0 Å². The summed E-state index contributed by atoms with van der Waals surface area (Å²) in [6.07, 6.45) is 0. The molecule has 1 atom stereocenters. The van der Waals surface area contributed by atoms with Gasteiger partial charge in [0.25, 0.3) is 5.41 Å². The molecule has 0 aliphatic heterocycles. The van der Waals surface area contributed by atoms with Crippen LogP contribution in [0.3, 0.4) is 0 Å². The molecule has 0 aliphatic rings. The summed E-state index contributed by atoms with van der Waals surface area (Å²) in [6, 6.07) is 0. The fourth-order valence-electron chi connectivity index (χ4n) is 2.01. The van der Waals surface area contributed by atoms with Gasteiger partial charge in [-0.05, 0) is 34.6 Å². The fraction of sp³-hybridized carbons (Fsp3) is 1.00. The van der Waals surface area contributed by atoms with Crippen molar-refractivity contribution in [2.24, 2.45) is 0 Å². The average molecular weight is 376 g/mol. The van der Waals surface area contributed by atoms with Crippen molar-refractivity contribution >= 4 is 16.6 Å². The molecule has 9 nitrogen and oxygen atoms in total. The van der Waals surface area contributed by atoms with Crippen LogP contribution in [0.2, 0.25) is 0 Å². The van der Waals surface area contributed by atoms with Gasteiger partial charge in [-0.15, -0.1) is 0 Å². The van der Waals surface area contributed by atoms with Gasteiger partial charge in [-0.1, -0.05) is 0 Å². The first kappa shape index (κ1) is 23.1. The lowest BCUT2D eigenvalue weighted by Crippen LogP contribution is -2.69. The number of ether oxygens (including phenoxy) is 2. The highest BCUT2D eigenvalue weighted by molar-refractivity contribution is 7.46. The molecule has 0 spiro atoms. The van der Waals surface area contributed by atoms with Gasteiger partial charge < -0.3 is 32.5 Å². The van der Waals surface area contributed by atoms with E-state index in [2.05, 4.69) is 0 Å². The minimum atomic E-state index is -4.93. The first-order valence-corrected chi connectivity index (χ1v) is 10.9. The van der Waals surface area contributed by atoms with Gasteiger partial charge >= 0.3 is 16.6 Å². The third kappa shape index (κ3) is 6.87. The standard InChI is InChI=1S/C12H29O9PSi/c1-6-16-11-12(17-7-2,21-22(13,14)15)23(18-8-3,19-9-4)20-10-5/h6-11H2,1-5H3,(H2,13,14,15). The highest BCUT2D eigenvalue weighted by Crippen LogP contribution is 2.46. The highest BCUT2D eigenvalue weighted by atomic mass is 31.2. The van der Waals surface area contributed by atoms with E-state index in [4.69, 9.17) is 27.3 Å². The Morgan fingerprint density at radius 1 is 0.870 bits per heavy atom. The maximum Gasteiger partial charge on any atom is 0.566 e. The second kappa shape index (κ2) is 10.9. The highest BCUT2D eigenvalue weighted by Gasteiger charge is 2.67. The van der Waals surface area contributed by atoms with Crippen molar-refractivity contribution in [2.75, 3.05) is 39.6 Å². The Bertz CT molecular complexity index is 347. The number of phosphoric acid groups is 1. The molecule has 0 aromatic carbocycles. The van der Waals surface area contributed by atoms with E-state index in [1.165, 1.54) is 0 Å². The molecule has 0 aliphatic carbocycles. The smallest absolute Gasteiger partial charge is 0.376 e. The Balaban J connectivity index is 6.04. The third-order valence-corrected chi connectivity index (χ3v) is 6.64. The lowest BCUT2D eigenvalue weighted by Gasteiger charge is -2.43. The summed E-state index contributed by atoms with van der Waals surface area (Å²) in [6.45, 7) is 9.20. The lowest BCUT2D eigenvalue weighted by molar-refractivity contribution is -0.208. The second-order valence-electron chi connectivity index (χ2n) is 4.26. The van der Waals surface area contributed by atoms with Crippen molar-refractivity contribution in [3.63, 3.8) is 0 Å². The lowest BCUT2D eigenvalue weighted by atomic mass is 10.6. The van der Waals surface area contributed by atoms with Gasteiger partial charge in [0, 0.05) is 33.0 Å². The van der Waals surface area contributed by atoms with Crippen molar-refractivity contribution < 1.29 is 41.6 Å². The van der Waals surface area contributed by atoms with Gasteiger partial charge in [0.05, 0.1) is 0 Å². The molecule has 0 aromatic rings. The monoisotopic (exact) mass is 376 g/mol. The zero-order valence-corrected chi connectivity index (χ0v) is 16.3. The summed E-state index contributed by atoms with van der Waals surface area (Å²) in [5.41, 5.74) is -1.96. The van der Waals surface area contributed by atoms with Crippen LogP contribution in [-0.4, -0.2) is 63.6 Å². The predicted octanol–water partition coefficient (Wildman–Crippen LogP) is 1.45. The predicted molar refractivity (Wildman–Crippen MR) is 84.6 cm³/mol. The van der Waals surface area contributed by atoms with Crippen LogP contribution in [0.1, 0.15) is 34.6 Å². The largest absolute Gasteiger partial charge is 0.566 e. The van der Waals surface area contributed by atoms with E-state index in [1.54, 1.807) is 34.6 Å². The topological polar surface area (TPSA) is 113 Å². The van der Waals surface area contributed by atoms with E-state index >= 15 is 0 Å². The first-order chi connectivity index (χ1) is 10.8. The number of hydrogen-bond donors (Lipinski definition) is 2. The minimum absolute atomic E-state index is 0.0923. The quantitative estimate of drug-likeness (QED) is 0.264. The normalized spacial score (nSPS) is 15.6. The van der Waals surface area contributed by atoms with Gasteiger partial charge in [0.2, 0.25) is 0 Å². The first-order valence-electron chi connectivity index (χ1n) is 7.66. The van der Waals surface area contributed by atoms with Crippen molar-refractivity contribution in [2.45, 2.75) is 40.0 Å². The number of rotatable bonds is 14. The second-order valence-corrected chi connectivity index (χ2v) is 8.16. The summed E-state index contributed by atoms with van der Waals surface area (Å²) in [5.74, 6) is 0.